The van der Waals surface area contributed by atoms with Gasteiger partial charge in [0.15, 0.2) is 0 Å². The third-order valence-corrected chi connectivity index (χ3v) is 3.33. The average molecular weight is 309 g/mol. The number of hydrogen-bond acceptors (Lipinski definition) is 5. The summed E-state index contributed by atoms with van der Waals surface area (Å²) in [5.74, 6) is 0.933. The zero-order valence-corrected chi connectivity index (χ0v) is 12.5. The molecule has 0 unspecified atom stereocenters. The van der Waals surface area contributed by atoms with Gasteiger partial charge in [-0.2, -0.15) is 0 Å². The number of aryl methyl sites for hydroxylation is 1. The van der Waals surface area contributed by atoms with Crippen molar-refractivity contribution >= 4 is 0 Å². The Morgan fingerprint density at radius 3 is 2.78 bits per heavy atom. The molecule has 0 amide bonds. The average Bonchev–Trinajstić information content (AvgIpc) is 2.54. The molecule has 0 aliphatic carbocycles. The number of benzene rings is 1. The number of nitrogens with zero attached hydrogens (tertiary/aromatic N) is 1. The maximum absolute atomic E-state index is 11.3. The molecule has 0 spiro atoms. The molecule has 0 atom stereocenters. The summed E-state index contributed by atoms with van der Waals surface area (Å²) in [6, 6.07) is 11.7. The predicted molar refractivity (Wildman–Crippen MR) is 85.4 cm³/mol. The van der Waals surface area contributed by atoms with Crippen molar-refractivity contribution in [3.8, 4) is 22.8 Å². The summed E-state index contributed by atoms with van der Waals surface area (Å²) in [6.45, 7) is 2.33. The number of ether oxygens (including phenoxy) is 1. The van der Waals surface area contributed by atoms with Crippen LogP contribution in [0.4, 0.5) is 0 Å². The summed E-state index contributed by atoms with van der Waals surface area (Å²) < 4.78 is 10.9. The summed E-state index contributed by atoms with van der Waals surface area (Å²) in [5.41, 5.74) is 1.99. The van der Waals surface area contributed by atoms with Crippen LogP contribution < -0.4 is 10.4 Å². The van der Waals surface area contributed by atoms with Gasteiger partial charge in [0.25, 0.3) is 0 Å². The second-order valence-corrected chi connectivity index (χ2v) is 5.13. The van der Waals surface area contributed by atoms with Gasteiger partial charge in [-0.25, -0.2) is 4.79 Å². The fourth-order valence-corrected chi connectivity index (χ4v) is 2.22. The quantitative estimate of drug-likeness (QED) is 0.800. The second kappa shape index (κ2) is 6.36. The second-order valence-electron chi connectivity index (χ2n) is 5.13. The largest absolute Gasteiger partial charge is 0.508 e. The van der Waals surface area contributed by atoms with Crippen molar-refractivity contribution in [1.82, 2.24) is 4.98 Å². The van der Waals surface area contributed by atoms with Crippen molar-refractivity contribution in [2.24, 2.45) is 0 Å². The molecule has 0 saturated carbocycles. The highest BCUT2D eigenvalue weighted by atomic mass is 16.5. The summed E-state index contributed by atoms with van der Waals surface area (Å²) in [4.78, 5) is 15.4. The highest BCUT2D eigenvalue weighted by Crippen LogP contribution is 2.27. The number of hydrogen-bond donors (Lipinski definition) is 1. The van der Waals surface area contributed by atoms with E-state index in [9.17, 15) is 9.90 Å². The van der Waals surface area contributed by atoms with E-state index in [1.807, 2.05) is 31.2 Å². The van der Waals surface area contributed by atoms with E-state index in [0.717, 1.165) is 22.9 Å². The van der Waals surface area contributed by atoms with E-state index in [1.165, 1.54) is 6.07 Å². The molecule has 116 valence electrons. The van der Waals surface area contributed by atoms with Crippen LogP contribution in [0.25, 0.3) is 11.3 Å². The van der Waals surface area contributed by atoms with Crippen LogP contribution >= 0.6 is 0 Å². The Hall–Kier alpha value is -3.08. The molecule has 0 bridgehead atoms. The Balaban J connectivity index is 1.82. The normalized spacial score (nSPS) is 10.5. The molecule has 2 aromatic heterocycles. The number of aromatic hydroxyl groups is 1. The minimum absolute atomic E-state index is 0.120. The van der Waals surface area contributed by atoms with Crippen LogP contribution in [0.5, 0.6) is 11.5 Å². The third kappa shape index (κ3) is 3.58. The molecule has 1 N–H and O–H groups in total. The Labute approximate surface area is 132 Å². The molecule has 3 aromatic rings. The van der Waals surface area contributed by atoms with Crippen LogP contribution in [-0.2, 0) is 6.61 Å². The van der Waals surface area contributed by atoms with E-state index >= 15 is 0 Å². The topological polar surface area (TPSA) is 72.6 Å². The summed E-state index contributed by atoms with van der Waals surface area (Å²) in [6.07, 6.45) is 3.47. The van der Waals surface area contributed by atoms with Crippen LogP contribution in [0.3, 0.4) is 0 Å². The summed E-state index contributed by atoms with van der Waals surface area (Å²) in [7, 11) is 0. The van der Waals surface area contributed by atoms with E-state index in [2.05, 4.69) is 4.98 Å². The van der Waals surface area contributed by atoms with Crippen LogP contribution in [-0.4, -0.2) is 10.1 Å². The molecule has 5 heteroatoms. The van der Waals surface area contributed by atoms with Crippen LogP contribution in [0.1, 0.15) is 11.1 Å². The molecule has 5 nitrogen and oxygen atoms in total. The van der Waals surface area contributed by atoms with Crippen molar-refractivity contribution in [3.05, 3.63) is 76.4 Å². The van der Waals surface area contributed by atoms with E-state index in [4.69, 9.17) is 9.15 Å². The predicted octanol–water partition coefficient (Wildman–Crippen LogP) is 3.29. The Kier molecular flexibility index (Phi) is 4.10. The first-order chi connectivity index (χ1) is 11.1. The van der Waals surface area contributed by atoms with Gasteiger partial charge in [0.1, 0.15) is 23.9 Å². The first-order valence-corrected chi connectivity index (χ1v) is 7.09. The molecule has 0 saturated heterocycles. The SMILES string of the molecule is Cc1cc(-c2cc(O)cc(=O)o2)ccc1OCc1cccnc1. The smallest absolute Gasteiger partial charge is 0.339 e. The van der Waals surface area contributed by atoms with Gasteiger partial charge in [-0.15, -0.1) is 0 Å². The summed E-state index contributed by atoms with van der Waals surface area (Å²) >= 11 is 0. The van der Waals surface area contributed by atoms with Crippen molar-refractivity contribution in [1.29, 1.82) is 0 Å². The molecule has 23 heavy (non-hydrogen) atoms. The highest BCUT2D eigenvalue weighted by molar-refractivity contribution is 5.61. The van der Waals surface area contributed by atoms with E-state index < -0.39 is 5.63 Å². The molecular formula is C18H15NO4. The molecule has 0 radical (unpaired) electrons. The zero-order chi connectivity index (χ0) is 16.2. The van der Waals surface area contributed by atoms with Gasteiger partial charge in [0.2, 0.25) is 0 Å². The van der Waals surface area contributed by atoms with Gasteiger partial charge in [0, 0.05) is 29.6 Å². The van der Waals surface area contributed by atoms with Gasteiger partial charge in [-0.1, -0.05) is 6.07 Å². The standard InChI is InChI=1S/C18H15NO4/c1-12-7-14(17-8-15(20)9-18(21)23-17)4-5-16(12)22-11-13-3-2-6-19-10-13/h2-10,20H,11H2,1H3. The number of rotatable bonds is 4. The van der Waals surface area contributed by atoms with Crippen molar-refractivity contribution in [2.45, 2.75) is 13.5 Å². The van der Waals surface area contributed by atoms with Crippen molar-refractivity contribution < 1.29 is 14.3 Å². The third-order valence-electron chi connectivity index (χ3n) is 3.33. The first kappa shape index (κ1) is 14.8. The fraction of sp³-hybridized carbons (Fsp3) is 0.111. The van der Waals surface area contributed by atoms with Gasteiger partial charge in [0.05, 0.1) is 6.07 Å². The lowest BCUT2D eigenvalue weighted by Crippen LogP contribution is -1.98. The molecular weight excluding hydrogens is 294 g/mol. The lowest BCUT2D eigenvalue weighted by Gasteiger charge is -2.10. The van der Waals surface area contributed by atoms with Crippen LogP contribution in [0, 0.1) is 6.92 Å². The van der Waals surface area contributed by atoms with Crippen molar-refractivity contribution in [2.75, 3.05) is 0 Å². The maximum Gasteiger partial charge on any atom is 0.339 e. The number of aromatic nitrogens is 1. The first-order valence-electron chi connectivity index (χ1n) is 7.09. The Morgan fingerprint density at radius 2 is 2.09 bits per heavy atom. The number of pyridine rings is 1. The monoisotopic (exact) mass is 309 g/mol. The van der Waals surface area contributed by atoms with Crippen LogP contribution in [0.2, 0.25) is 0 Å². The van der Waals surface area contributed by atoms with E-state index in [-0.39, 0.29) is 5.75 Å². The van der Waals surface area contributed by atoms with Gasteiger partial charge in [-0.3, -0.25) is 4.98 Å². The minimum Gasteiger partial charge on any atom is -0.508 e. The summed E-state index contributed by atoms with van der Waals surface area (Å²) in [5, 5.41) is 9.50. The molecule has 2 heterocycles. The zero-order valence-electron chi connectivity index (χ0n) is 12.5. The Morgan fingerprint density at radius 1 is 1.22 bits per heavy atom. The van der Waals surface area contributed by atoms with Crippen LogP contribution in [0.15, 0.2) is 64.1 Å². The molecule has 1 aromatic carbocycles. The lowest BCUT2D eigenvalue weighted by molar-refractivity contribution is 0.303. The molecule has 0 aliphatic heterocycles. The fourth-order valence-electron chi connectivity index (χ4n) is 2.22. The molecule has 0 fully saturated rings. The molecule has 3 rings (SSSR count). The minimum atomic E-state index is -0.588. The maximum atomic E-state index is 11.3. The lowest BCUT2D eigenvalue weighted by atomic mass is 10.1. The Bertz CT molecular complexity index is 872. The van der Waals surface area contributed by atoms with E-state index in [0.29, 0.717) is 17.9 Å². The molecule has 0 aliphatic rings. The van der Waals surface area contributed by atoms with Gasteiger partial charge in [-0.05, 0) is 36.8 Å². The van der Waals surface area contributed by atoms with E-state index in [1.54, 1.807) is 18.5 Å². The van der Waals surface area contributed by atoms with Crippen molar-refractivity contribution in [3.63, 3.8) is 0 Å². The van der Waals surface area contributed by atoms with Gasteiger partial charge < -0.3 is 14.3 Å². The highest BCUT2D eigenvalue weighted by Gasteiger charge is 2.07. The van der Waals surface area contributed by atoms with Gasteiger partial charge >= 0.3 is 5.63 Å².